The van der Waals surface area contributed by atoms with Gasteiger partial charge >= 0.3 is 5.97 Å². The van der Waals surface area contributed by atoms with Gasteiger partial charge in [-0.15, -0.1) is 6.58 Å². The first-order chi connectivity index (χ1) is 18.4. The van der Waals surface area contributed by atoms with Crippen LogP contribution in [-0.2, 0) is 16.6 Å². The molecule has 3 aliphatic rings. The number of hydrogen-bond acceptors (Lipinski definition) is 5. The predicted molar refractivity (Wildman–Crippen MR) is 157 cm³/mol. The van der Waals surface area contributed by atoms with Crippen molar-refractivity contribution in [2.75, 3.05) is 24.6 Å². The Balaban J connectivity index is 1.54. The van der Waals surface area contributed by atoms with Crippen molar-refractivity contribution >= 4 is 23.3 Å². The zero-order valence-electron chi connectivity index (χ0n) is 23.8. The van der Waals surface area contributed by atoms with E-state index in [0.717, 1.165) is 61.7 Å². The van der Waals surface area contributed by atoms with Gasteiger partial charge in [0.25, 0.3) is 0 Å². The van der Waals surface area contributed by atoms with Crippen molar-refractivity contribution in [3.63, 3.8) is 0 Å². The van der Waals surface area contributed by atoms with Gasteiger partial charge in [-0.1, -0.05) is 30.7 Å². The van der Waals surface area contributed by atoms with Crippen LogP contribution in [0, 0.1) is 11.3 Å². The Morgan fingerprint density at radius 3 is 2.77 bits per heavy atom. The van der Waals surface area contributed by atoms with Gasteiger partial charge in [0, 0.05) is 23.5 Å². The Labute approximate surface area is 238 Å². The quantitative estimate of drug-likeness (QED) is 0.306. The van der Waals surface area contributed by atoms with Gasteiger partial charge < -0.3 is 19.5 Å². The van der Waals surface area contributed by atoms with Crippen LogP contribution in [0.4, 0.5) is 5.69 Å². The molecule has 1 spiro atoms. The number of fused-ring (bicyclic) bond motifs is 3. The maximum absolute atomic E-state index is 13.0. The van der Waals surface area contributed by atoms with Crippen LogP contribution in [0.5, 0.6) is 5.75 Å². The summed E-state index contributed by atoms with van der Waals surface area (Å²) in [6.45, 7) is 13.8. The van der Waals surface area contributed by atoms with Crippen molar-refractivity contribution in [3.8, 4) is 5.75 Å². The summed E-state index contributed by atoms with van der Waals surface area (Å²) in [5.41, 5.74) is 3.11. The molecular weight excluding hydrogens is 510 g/mol. The Morgan fingerprint density at radius 2 is 2.08 bits per heavy atom. The monoisotopic (exact) mass is 551 g/mol. The summed E-state index contributed by atoms with van der Waals surface area (Å²) in [6.07, 6.45) is 7.14. The zero-order chi connectivity index (χ0) is 28.0. The molecule has 5 nitrogen and oxygen atoms in total. The molecule has 5 rings (SSSR count). The van der Waals surface area contributed by atoms with Gasteiger partial charge in [0.2, 0.25) is 0 Å². The minimum Gasteiger partial charge on any atom is -0.490 e. The first kappa shape index (κ1) is 28.0. The molecule has 0 aromatic heterocycles. The highest BCUT2D eigenvalue weighted by atomic mass is 35.5. The van der Waals surface area contributed by atoms with E-state index < -0.39 is 11.7 Å². The van der Waals surface area contributed by atoms with E-state index in [0.29, 0.717) is 24.5 Å². The molecule has 0 bridgehead atoms. The molecule has 0 radical (unpaired) electrons. The van der Waals surface area contributed by atoms with E-state index >= 15 is 0 Å². The summed E-state index contributed by atoms with van der Waals surface area (Å²) in [7, 11) is 0. The number of carbonyl (C=O) groups is 1. The average Bonchev–Trinajstić information content (AvgIpc) is 3.02. The van der Waals surface area contributed by atoms with Crippen LogP contribution in [-0.4, -0.2) is 42.5 Å². The fourth-order valence-electron chi connectivity index (χ4n) is 6.81. The maximum Gasteiger partial charge on any atom is 0.338 e. The van der Waals surface area contributed by atoms with Crippen LogP contribution >= 0.6 is 11.6 Å². The van der Waals surface area contributed by atoms with Gasteiger partial charge in [0.05, 0.1) is 24.0 Å². The van der Waals surface area contributed by atoms with Gasteiger partial charge in [-0.2, -0.15) is 0 Å². The van der Waals surface area contributed by atoms with E-state index in [1.165, 1.54) is 11.1 Å². The third-order valence-corrected chi connectivity index (χ3v) is 9.46. The van der Waals surface area contributed by atoms with E-state index in [2.05, 4.69) is 30.5 Å². The lowest BCUT2D eigenvalue weighted by Gasteiger charge is -2.52. The van der Waals surface area contributed by atoms with Crippen molar-refractivity contribution in [1.29, 1.82) is 0 Å². The zero-order valence-corrected chi connectivity index (χ0v) is 24.5. The summed E-state index contributed by atoms with van der Waals surface area (Å²) in [5.74, 6) is 0.763. The molecule has 0 amide bonds. The smallest absolute Gasteiger partial charge is 0.338 e. The van der Waals surface area contributed by atoms with Gasteiger partial charge in [0.1, 0.15) is 11.4 Å². The highest BCUT2D eigenvalue weighted by Crippen LogP contribution is 2.52. The number of aryl methyl sites for hydroxylation is 1. The number of rotatable bonds is 6. The number of esters is 1. The first-order valence-electron chi connectivity index (χ1n) is 14.3. The largest absolute Gasteiger partial charge is 0.490 e. The number of carbonyl (C=O) groups excluding carboxylic acids is 1. The number of aliphatic hydroxyl groups excluding tert-OH is 1. The van der Waals surface area contributed by atoms with Crippen LogP contribution in [0.2, 0.25) is 5.02 Å². The number of hydrogen-bond donors (Lipinski definition) is 1. The Bertz CT molecular complexity index is 1250. The molecule has 1 heterocycles. The standard InChI is InChI=1S/C33H42ClNO4/c1-6-8-29(36)32(5)16-14-24(32)19-35-20-33(15-7-9-22-17-25(34)11-12-26(22)33)21-38-28-13-10-23(18-27(28)35)30(37)39-31(2,3)4/h6,10-13,17-18,24,29,36H,1,7-9,14-16,19-21H2,2-5H3/t24-,29?,32-,33+/m1/s1. The van der Waals surface area contributed by atoms with E-state index in [-0.39, 0.29) is 16.8 Å². The number of ether oxygens (including phenoxy) is 2. The Kier molecular flexibility index (Phi) is 7.54. The molecule has 2 aromatic rings. The van der Waals surface area contributed by atoms with Gasteiger partial charge in [0.15, 0.2) is 0 Å². The number of nitrogens with zero attached hydrogens (tertiary/aromatic N) is 1. The predicted octanol–water partition coefficient (Wildman–Crippen LogP) is 7.12. The van der Waals surface area contributed by atoms with Crippen LogP contribution in [0.3, 0.4) is 0 Å². The van der Waals surface area contributed by atoms with Crippen LogP contribution in [0.15, 0.2) is 49.1 Å². The minimum atomic E-state index is -0.577. The summed E-state index contributed by atoms with van der Waals surface area (Å²) in [5, 5.41) is 11.8. The minimum absolute atomic E-state index is 0.171. The molecule has 1 N–H and O–H groups in total. The van der Waals surface area contributed by atoms with Gasteiger partial charge in [-0.05, 0) is 112 Å². The molecule has 39 heavy (non-hydrogen) atoms. The summed E-state index contributed by atoms with van der Waals surface area (Å²) in [4.78, 5) is 15.5. The second kappa shape index (κ2) is 10.5. The van der Waals surface area contributed by atoms with Gasteiger partial charge in [-0.25, -0.2) is 4.79 Å². The van der Waals surface area contributed by atoms with E-state index in [1.54, 1.807) is 6.07 Å². The highest BCUT2D eigenvalue weighted by molar-refractivity contribution is 6.30. The average molecular weight is 552 g/mol. The Hall–Kier alpha value is -2.50. The van der Waals surface area contributed by atoms with Crippen molar-refractivity contribution in [2.45, 2.75) is 83.3 Å². The van der Waals surface area contributed by atoms with Crippen molar-refractivity contribution in [1.82, 2.24) is 0 Å². The fraction of sp³-hybridized carbons (Fsp3) is 0.545. The molecule has 2 aliphatic carbocycles. The lowest BCUT2D eigenvalue weighted by Crippen LogP contribution is -2.53. The van der Waals surface area contributed by atoms with E-state index in [9.17, 15) is 9.90 Å². The van der Waals surface area contributed by atoms with Gasteiger partial charge in [-0.3, -0.25) is 0 Å². The van der Waals surface area contributed by atoms with Crippen molar-refractivity contribution in [3.05, 3.63) is 70.8 Å². The number of aliphatic hydroxyl groups is 1. The molecule has 1 saturated carbocycles. The maximum atomic E-state index is 13.0. The third-order valence-electron chi connectivity index (χ3n) is 9.23. The SMILES string of the molecule is C=CCC(O)[C@]1(C)CC[C@@H]1CN1C[C@@]2(CCCc3cc(Cl)ccc32)COc2ccc(C(=O)OC(C)(C)C)cc21. The number of benzene rings is 2. The topological polar surface area (TPSA) is 59.0 Å². The van der Waals surface area contributed by atoms with E-state index in [1.807, 2.05) is 45.0 Å². The third kappa shape index (κ3) is 5.45. The first-order valence-corrected chi connectivity index (χ1v) is 14.6. The van der Waals surface area contributed by atoms with Crippen LogP contribution < -0.4 is 9.64 Å². The number of anilines is 1. The molecule has 6 heteroatoms. The summed E-state index contributed by atoms with van der Waals surface area (Å²) in [6, 6.07) is 11.9. The van der Waals surface area contributed by atoms with E-state index in [4.69, 9.17) is 21.1 Å². The molecule has 1 aliphatic heterocycles. The molecule has 0 saturated heterocycles. The molecule has 1 fully saturated rings. The number of halogens is 1. The molecule has 4 atom stereocenters. The lowest BCUT2D eigenvalue weighted by atomic mass is 9.57. The summed E-state index contributed by atoms with van der Waals surface area (Å²) < 4.78 is 12.3. The fourth-order valence-corrected chi connectivity index (χ4v) is 7.01. The highest BCUT2D eigenvalue weighted by Gasteiger charge is 2.49. The summed E-state index contributed by atoms with van der Waals surface area (Å²) >= 11 is 6.40. The Morgan fingerprint density at radius 1 is 1.28 bits per heavy atom. The molecule has 2 aromatic carbocycles. The molecular formula is C33H42ClNO4. The van der Waals surface area contributed by atoms with Crippen LogP contribution in [0.25, 0.3) is 0 Å². The van der Waals surface area contributed by atoms with Crippen molar-refractivity contribution in [2.24, 2.45) is 11.3 Å². The van der Waals surface area contributed by atoms with Crippen LogP contribution in [0.1, 0.15) is 81.3 Å². The molecule has 1 unspecified atom stereocenters. The molecule has 210 valence electrons. The second-order valence-corrected chi connectivity index (χ2v) is 13.5. The second-order valence-electron chi connectivity index (χ2n) is 13.1. The lowest BCUT2D eigenvalue weighted by molar-refractivity contribution is -0.0695. The normalized spacial score (nSPS) is 26.9. The van der Waals surface area contributed by atoms with Crippen molar-refractivity contribution < 1.29 is 19.4 Å².